The highest BCUT2D eigenvalue weighted by Crippen LogP contribution is 2.23. The van der Waals surface area contributed by atoms with Crippen LogP contribution in [0.5, 0.6) is 0 Å². The van der Waals surface area contributed by atoms with Gasteiger partial charge in [0, 0.05) is 21.9 Å². The van der Waals surface area contributed by atoms with E-state index in [0.29, 0.717) is 16.5 Å². The molecule has 6 heteroatoms. The molecule has 0 aliphatic carbocycles. The van der Waals surface area contributed by atoms with E-state index in [2.05, 4.69) is 10.1 Å². The van der Waals surface area contributed by atoms with E-state index in [-0.39, 0.29) is 0 Å². The second kappa shape index (κ2) is 6.64. The van der Waals surface area contributed by atoms with Crippen molar-refractivity contribution >= 4 is 34.7 Å². The second-order valence-electron chi connectivity index (χ2n) is 5.27. The Hall–Kier alpha value is -1.98. The minimum atomic E-state index is 0.542. The van der Waals surface area contributed by atoms with Crippen LogP contribution in [0.25, 0.3) is 5.65 Å². The Morgan fingerprint density at radius 1 is 1.26 bits per heavy atom. The first-order chi connectivity index (χ1) is 11.1. The summed E-state index contributed by atoms with van der Waals surface area (Å²) in [5.41, 5.74) is 4.28. The SMILES string of the molecule is Cc1ccn2c(/C(CSc3ccc(Cl)cc3)=N/O)c(C)nc2c1. The molecule has 1 aromatic carbocycles. The van der Waals surface area contributed by atoms with Crippen LogP contribution >= 0.6 is 23.4 Å². The number of hydrogen-bond donors (Lipinski definition) is 1. The Kier molecular flexibility index (Phi) is 4.59. The molecule has 0 radical (unpaired) electrons. The monoisotopic (exact) mass is 345 g/mol. The van der Waals surface area contributed by atoms with Gasteiger partial charge in [-0.15, -0.1) is 11.8 Å². The first-order valence-electron chi connectivity index (χ1n) is 7.13. The van der Waals surface area contributed by atoms with E-state index in [1.807, 2.05) is 60.8 Å². The molecule has 0 saturated heterocycles. The number of fused-ring (bicyclic) bond motifs is 1. The lowest BCUT2D eigenvalue weighted by atomic mass is 10.2. The number of aromatic nitrogens is 2. The van der Waals surface area contributed by atoms with E-state index in [9.17, 15) is 5.21 Å². The molecule has 0 bridgehead atoms. The molecule has 3 aromatic rings. The van der Waals surface area contributed by atoms with Gasteiger partial charge in [-0.25, -0.2) is 4.98 Å². The van der Waals surface area contributed by atoms with Crippen molar-refractivity contribution in [2.45, 2.75) is 18.7 Å². The van der Waals surface area contributed by atoms with Crippen LogP contribution in [0.4, 0.5) is 0 Å². The molecule has 1 N–H and O–H groups in total. The lowest BCUT2D eigenvalue weighted by Gasteiger charge is -2.06. The van der Waals surface area contributed by atoms with Crippen molar-refractivity contribution in [3.8, 4) is 0 Å². The summed E-state index contributed by atoms with van der Waals surface area (Å²) in [4.78, 5) is 5.62. The van der Waals surface area contributed by atoms with Gasteiger partial charge in [-0.2, -0.15) is 0 Å². The van der Waals surface area contributed by atoms with Gasteiger partial charge in [-0.3, -0.25) is 4.40 Å². The van der Waals surface area contributed by atoms with Gasteiger partial charge in [0.2, 0.25) is 0 Å². The molecule has 3 rings (SSSR count). The number of benzene rings is 1. The van der Waals surface area contributed by atoms with Crippen molar-refractivity contribution in [3.63, 3.8) is 0 Å². The van der Waals surface area contributed by atoms with Crippen molar-refractivity contribution in [2.75, 3.05) is 5.75 Å². The van der Waals surface area contributed by atoms with Gasteiger partial charge >= 0.3 is 0 Å². The number of thioether (sulfide) groups is 1. The zero-order valence-corrected chi connectivity index (χ0v) is 14.4. The first kappa shape index (κ1) is 15.9. The molecule has 0 amide bonds. The largest absolute Gasteiger partial charge is 0.411 e. The van der Waals surface area contributed by atoms with E-state index < -0.39 is 0 Å². The highest BCUT2D eigenvalue weighted by molar-refractivity contribution is 8.00. The zero-order chi connectivity index (χ0) is 16.4. The summed E-state index contributed by atoms with van der Waals surface area (Å²) >= 11 is 7.49. The van der Waals surface area contributed by atoms with Crippen LogP contribution in [-0.4, -0.2) is 26.1 Å². The highest BCUT2D eigenvalue weighted by Gasteiger charge is 2.16. The van der Waals surface area contributed by atoms with Gasteiger partial charge in [0.25, 0.3) is 0 Å². The van der Waals surface area contributed by atoms with Gasteiger partial charge < -0.3 is 5.21 Å². The van der Waals surface area contributed by atoms with Gasteiger partial charge in [0.1, 0.15) is 11.4 Å². The number of aryl methyl sites for hydroxylation is 2. The maximum absolute atomic E-state index is 9.47. The minimum absolute atomic E-state index is 0.542. The fourth-order valence-corrected chi connectivity index (χ4v) is 3.39. The van der Waals surface area contributed by atoms with Crippen LogP contribution in [0.3, 0.4) is 0 Å². The van der Waals surface area contributed by atoms with Crippen LogP contribution in [0, 0.1) is 13.8 Å². The van der Waals surface area contributed by atoms with E-state index in [1.54, 1.807) is 11.8 Å². The third-order valence-corrected chi connectivity index (χ3v) is 4.81. The van der Waals surface area contributed by atoms with Crippen molar-refractivity contribution < 1.29 is 5.21 Å². The van der Waals surface area contributed by atoms with Crippen LogP contribution in [0.2, 0.25) is 5.02 Å². The van der Waals surface area contributed by atoms with Gasteiger partial charge in [-0.05, 0) is 55.8 Å². The number of oxime groups is 1. The Balaban J connectivity index is 1.89. The summed E-state index contributed by atoms with van der Waals surface area (Å²) in [5.74, 6) is 0.542. The molecule has 0 fully saturated rings. The molecule has 0 atom stereocenters. The van der Waals surface area contributed by atoms with Crippen LogP contribution < -0.4 is 0 Å². The number of rotatable bonds is 4. The van der Waals surface area contributed by atoms with Gasteiger partial charge in [0.05, 0.1) is 11.4 Å². The summed E-state index contributed by atoms with van der Waals surface area (Å²) in [5, 5.41) is 13.7. The predicted molar refractivity (Wildman–Crippen MR) is 95.2 cm³/mol. The maximum Gasteiger partial charge on any atom is 0.137 e. The molecule has 4 nitrogen and oxygen atoms in total. The molecule has 23 heavy (non-hydrogen) atoms. The highest BCUT2D eigenvalue weighted by atomic mass is 35.5. The third-order valence-electron chi connectivity index (χ3n) is 3.54. The van der Waals surface area contributed by atoms with E-state index >= 15 is 0 Å². The lowest BCUT2D eigenvalue weighted by molar-refractivity contribution is 0.319. The van der Waals surface area contributed by atoms with Crippen LogP contribution in [-0.2, 0) is 0 Å². The smallest absolute Gasteiger partial charge is 0.137 e. The average Bonchev–Trinajstić information content (AvgIpc) is 2.85. The van der Waals surface area contributed by atoms with Crippen LogP contribution in [0.1, 0.15) is 17.0 Å². The molecular formula is C17H16ClN3OS. The number of halogens is 1. The van der Waals surface area contributed by atoms with E-state index in [1.165, 1.54) is 0 Å². The van der Waals surface area contributed by atoms with Crippen molar-refractivity contribution in [2.24, 2.45) is 5.16 Å². The summed E-state index contributed by atoms with van der Waals surface area (Å²) in [6.45, 7) is 3.96. The van der Waals surface area contributed by atoms with E-state index in [0.717, 1.165) is 27.5 Å². The maximum atomic E-state index is 9.47. The number of hydrogen-bond acceptors (Lipinski definition) is 4. The molecule has 0 saturated carbocycles. The zero-order valence-electron chi connectivity index (χ0n) is 12.8. The number of imidazole rings is 1. The van der Waals surface area contributed by atoms with Gasteiger partial charge in [-0.1, -0.05) is 16.8 Å². The summed E-state index contributed by atoms with van der Waals surface area (Å²) in [6.07, 6.45) is 1.96. The van der Waals surface area contributed by atoms with Crippen LogP contribution in [0.15, 0.2) is 52.6 Å². The fourth-order valence-electron chi connectivity index (χ4n) is 2.44. The van der Waals surface area contributed by atoms with Crippen molar-refractivity contribution in [1.82, 2.24) is 9.38 Å². The fraction of sp³-hybridized carbons (Fsp3) is 0.176. The Bertz CT molecular complexity index is 871. The quantitative estimate of drug-likeness (QED) is 0.326. The number of nitrogens with zero attached hydrogens (tertiary/aromatic N) is 3. The third kappa shape index (κ3) is 3.35. The second-order valence-corrected chi connectivity index (χ2v) is 6.75. The molecule has 2 heterocycles. The normalized spacial score (nSPS) is 12.0. The van der Waals surface area contributed by atoms with Gasteiger partial charge in [0.15, 0.2) is 0 Å². The van der Waals surface area contributed by atoms with E-state index in [4.69, 9.17) is 11.6 Å². The minimum Gasteiger partial charge on any atom is -0.411 e. The predicted octanol–water partition coefficient (Wildman–Crippen LogP) is 4.58. The molecule has 0 spiro atoms. The summed E-state index contributed by atoms with van der Waals surface area (Å²) in [7, 11) is 0. The summed E-state index contributed by atoms with van der Waals surface area (Å²) in [6, 6.07) is 11.6. The van der Waals surface area contributed by atoms with Crippen molar-refractivity contribution in [1.29, 1.82) is 0 Å². The molecule has 0 aliphatic heterocycles. The van der Waals surface area contributed by atoms with Crippen molar-refractivity contribution in [3.05, 3.63) is 64.6 Å². The molecule has 0 unspecified atom stereocenters. The Labute approximate surface area is 143 Å². The Morgan fingerprint density at radius 2 is 2.00 bits per heavy atom. The molecule has 2 aromatic heterocycles. The Morgan fingerprint density at radius 3 is 2.70 bits per heavy atom. The average molecular weight is 346 g/mol. The number of pyridine rings is 1. The first-order valence-corrected chi connectivity index (χ1v) is 8.50. The molecule has 118 valence electrons. The molecule has 0 aliphatic rings. The standard InChI is InChI=1S/C17H16ClN3OS/c1-11-7-8-21-16(9-11)19-12(2)17(21)15(20-22)10-23-14-5-3-13(18)4-6-14/h3-9,22H,10H2,1-2H3/b20-15+. The topological polar surface area (TPSA) is 49.9 Å². The molecular weight excluding hydrogens is 330 g/mol. The lowest BCUT2D eigenvalue weighted by Crippen LogP contribution is -2.10. The summed E-state index contributed by atoms with van der Waals surface area (Å²) < 4.78 is 1.96.